The number of ether oxygens (including phenoxy) is 1. The molecule has 7 heteroatoms. The van der Waals surface area contributed by atoms with Crippen molar-refractivity contribution in [3.8, 4) is 0 Å². The zero-order chi connectivity index (χ0) is 16.7. The van der Waals surface area contributed by atoms with Crippen LogP contribution >= 0.6 is 22.9 Å². The number of halogens is 2. The summed E-state index contributed by atoms with van der Waals surface area (Å²) in [6, 6.07) is 11.2. The predicted octanol–water partition coefficient (Wildman–Crippen LogP) is 4.13. The van der Waals surface area contributed by atoms with Crippen molar-refractivity contribution in [1.82, 2.24) is 4.98 Å². The maximum absolute atomic E-state index is 13.2. The average Bonchev–Trinajstić information content (AvgIpc) is 2.92. The maximum Gasteiger partial charge on any atom is 0.338 e. The van der Waals surface area contributed by atoms with Crippen LogP contribution in [0.3, 0.4) is 0 Å². The standard InChI is InChI=1S/C17H12ClFN2O2S/c18-11-3-1-2-10(6-11)16(22)23-13-8-21(9-13)17-20-14-5-4-12(19)7-15(14)24-17/h1-7,13H,8-9H2. The minimum Gasteiger partial charge on any atom is -0.455 e. The molecule has 0 radical (unpaired) electrons. The summed E-state index contributed by atoms with van der Waals surface area (Å²) in [4.78, 5) is 18.6. The van der Waals surface area contributed by atoms with E-state index < -0.39 is 0 Å². The number of hydrogen-bond acceptors (Lipinski definition) is 5. The van der Waals surface area contributed by atoms with Crippen LogP contribution < -0.4 is 4.90 Å². The van der Waals surface area contributed by atoms with Crippen molar-refractivity contribution in [3.63, 3.8) is 0 Å². The van der Waals surface area contributed by atoms with Crippen molar-refractivity contribution in [3.05, 3.63) is 58.9 Å². The van der Waals surface area contributed by atoms with E-state index in [9.17, 15) is 9.18 Å². The molecule has 1 saturated heterocycles. The molecule has 0 N–H and O–H groups in total. The number of nitrogens with zero attached hydrogens (tertiary/aromatic N) is 2. The van der Waals surface area contributed by atoms with E-state index in [1.807, 2.05) is 4.90 Å². The molecule has 2 heterocycles. The van der Waals surface area contributed by atoms with Gasteiger partial charge in [-0.15, -0.1) is 0 Å². The maximum atomic E-state index is 13.2. The first-order valence-corrected chi connectivity index (χ1v) is 8.55. The lowest BCUT2D eigenvalue weighted by atomic mass is 10.2. The molecule has 0 unspecified atom stereocenters. The van der Waals surface area contributed by atoms with Gasteiger partial charge in [-0.1, -0.05) is 29.0 Å². The monoisotopic (exact) mass is 362 g/mol. The molecule has 0 atom stereocenters. The summed E-state index contributed by atoms with van der Waals surface area (Å²) >= 11 is 7.31. The van der Waals surface area contributed by atoms with Crippen LogP contribution in [0.25, 0.3) is 10.2 Å². The highest BCUT2D eigenvalue weighted by Crippen LogP contribution is 2.32. The van der Waals surface area contributed by atoms with Gasteiger partial charge in [-0.3, -0.25) is 0 Å². The lowest BCUT2D eigenvalue weighted by molar-refractivity contribution is 0.0234. The minimum atomic E-state index is -0.381. The van der Waals surface area contributed by atoms with Gasteiger partial charge in [0.05, 0.1) is 28.9 Å². The number of fused-ring (bicyclic) bond motifs is 1. The Balaban J connectivity index is 1.39. The van der Waals surface area contributed by atoms with Crippen LogP contribution in [0, 0.1) is 5.82 Å². The van der Waals surface area contributed by atoms with Gasteiger partial charge in [0.1, 0.15) is 11.9 Å². The topological polar surface area (TPSA) is 42.4 Å². The third-order valence-corrected chi connectivity index (χ3v) is 5.11. The lowest BCUT2D eigenvalue weighted by Gasteiger charge is -2.38. The first kappa shape index (κ1) is 15.4. The van der Waals surface area contributed by atoms with Gasteiger partial charge in [0.25, 0.3) is 0 Å². The Morgan fingerprint density at radius 3 is 2.92 bits per heavy atom. The van der Waals surface area contributed by atoms with Crippen LogP contribution in [-0.4, -0.2) is 30.1 Å². The number of esters is 1. The summed E-state index contributed by atoms with van der Waals surface area (Å²) < 4.78 is 19.5. The molecule has 0 aliphatic carbocycles. The van der Waals surface area contributed by atoms with E-state index >= 15 is 0 Å². The molecule has 3 aromatic rings. The van der Waals surface area contributed by atoms with Gasteiger partial charge in [0, 0.05) is 5.02 Å². The molecule has 24 heavy (non-hydrogen) atoms. The van der Waals surface area contributed by atoms with Crippen molar-refractivity contribution in [2.45, 2.75) is 6.10 Å². The third kappa shape index (κ3) is 2.95. The zero-order valence-corrected chi connectivity index (χ0v) is 14.0. The summed E-state index contributed by atoms with van der Waals surface area (Å²) in [7, 11) is 0. The number of aromatic nitrogens is 1. The summed E-state index contributed by atoms with van der Waals surface area (Å²) in [5.41, 5.74) is 1.21. The molecule has 1 aromatic heterocycles. The smallest absolute Gasteiger partial charge is 0.338 e. The van der Waals surface area contributed by atoms with Gasteiger partial charge >= 0.3 is 5.97 Å². The van der Waals surface area contributed by atoms with Crippen LogP contribution in [0.1, 0.15) is 10.4 Å². The summed E-state index contributed by atoms with van der Waals surface area (Å²) in [5.74, 6) is -0.650. The lowest BCUT2D eigenvalue weighted by Crippen LogP contribution is -2.53. The molecule has 4 nitrogen and oxygen atoms in total. The number of thiazole rings is 1. The predicted molar refractivity (Wildman–Crippen MR) is 92.4 cm³/mol. The van der Waals surface area contributed by atoms with Gasteiger partial charge in [-0.25, -0.2) is 14.2 Å². The molecular formula is C17H12ClFN2O2S. The van der Waals surface area contributed by atoms with Gasteiger partial charge in [-0.2, -0.15) is 0 Å². The summed E-state index contributed by atoms with van der Waals surface area (Å²) in [6.07, 6.45) is -0.180. The first-order chi connectivity index (χ1) is 11.6. The van der Waals surface area contributed by atoms with Crippen LogP contribution in [0.5, 0.6) is 0 Å². The molecule has 1 fully saturated rings. The second-order valence-corrected chi connectivity index (χ2v) is 7.00. The highest BCUT2D eigenvalue weighted by atomic mass is 35.5. The SMILES string of the molecule is O=C(OC1CN(c2nc3ccc(F)cc3s2)C1)c1cccc(Cl)c1. The molecule has 2 aromatic carbocycles. The van der Waals surface area contributed by atoms with Gasteiger partial charge < -0.3 is 9.64 Å². The van der Waals surface area contributed by atoms with E-state index in [1.54, 1.807) is 30.3 Å². The molecule has 0 spiro atoms. The number of hydrogen-bond donors (Lipinski definition) is 0. The largest absolute Gasteiger partial charge is 0.455 e. The Bertz CT molecular complexity index is 924. The Labute approximate surface area is 146 Å². The fraction of sp³-hybridized carbons (Fsp3) is 0.176. The zero-order valence-electron chi connectivity index (χ0n) is 12.4. The molecule has 0 amide bonds. The molecule has 1 aliphatic heterocycles. The number of carbonyl (C=O) groups is 1. The molecule has 0 bridgehead atoms. The normalized spacial score (nSPS) is 14.7. The molecule has 0 saturated carbocycles. The minimum absolute atomic E-state index is 0.180. The summed E-state index contributed by atoms with van der Waals surface area (Å²) in [5, 5.41) is 1.31. The van der Waals surface area contributed by atoms with E-state index in [0.717, 1.165) is 15.3 Å². The Morgan fingerprint density at radius 2 is 2.12 bits per heavy atom. The van der Waals surface area contributed by atoms with Gasteiger partial charge in [0.2, 0.25) is 0 Å². The summed E-state index contributed by atoms with van der Waals surface area (Å²) in [6.45, 7) is 1.16. The third-order valence-electron chi connectivity index (χ3n) is 3.79. The van der Waals surface area contributed by atoms with Crippen LogP contribution in [0.4, 0.5) is 9.52 Å². The molecule has 4 rings (SSSR count). The second kappa shape index (κ2) is 6.03. The van der Waals surface area contributed by atoms with Crippen LogP contribution in [-0.2, 0) is 4.74 Å². The van der Waals surface area contributed by atoms with Crippen molar-refractivity contribution >= 4 is 44.3 Å². The second-order valence-electron chi connectivity index (χ2n) is 5.55. The van der Waals surface area contributed by atoms with E-state index in [0.29, 0.717) is 23.7 Å². The molecule has 1 aliphatic rings. The van der Waals surface area contributed by atoms with E-state index in [2.05, 4.69) is 4.98 Å². The highest BCUT2D eigenvalue weighted by molar-refractivity contribution is 7.22. The number of benzene rings is 2. The fourth-order valence-electron chi connectivity index (χ4n) is 2.53. The van der Waals surface area contributed by atoms with E-state index in [1.165, 1.54) is 23.5 Å². The van der Waals surface area contributed by atoms with Crippen molar-refractivity contribution in [1.29, 1.82) is 0 Å². The van der Waals surface area contributed by atoms with Gasteiger partial charge in [0.15, 0.2) is 5.13 Å². The number of anilines is 1. The van der Waals surface area contributed by atoms with Crippen molar-refractivity contribution in [2.24, 2.45) is 0 Å². The van der Waals surface area contributed by atoms with Crippen LogP contribution in [0.15, 0.2) is 42.5 Å². The Morgan fingerprint density at radius 1 is 1.29 bits per heavy atom. The number of rotatable bonds is 3. The van der Waals surface area contributed by atoms with Crippen molar-refractivity contribution < 1.29 is 13.9 Å². The Hall–Kier alpha value is -2.18. The molecule has 122 valence electrons. The Kier molecular flexibility index (Phi) is 3.86. The molecular weight excluding hydrogens is 351 g/mol. The van der Waals surface area contributed by atoms with Crippen LogP contribution in [0.2, 0.25) is 5.02 Å². The first-order valence-electron chi connectivity index (χ1n) is 7.36. The number of carbonyl (C=O) groups excluding carboxylic acids is 1. The average molecular weight is 363 g/mol. The highest BCUT2D eigenvalue weighted by Gasteiger charge is 2.32. The fourth-order valence-corrected chi connectivity index (χ4v) is 3.72. The van der Waals surface area contributed by atoms with Crippen molar-refractivity contribution in [2.75, 3.05) is 18.0 Å². The van der Waals surface area contributed by atoms with E-state index in [4.69, 9.17) is 16.3 Å². The quantitative estimate of drug-likeness (QED) is 0.657. The van der Waals surface area contributed by atoms with Gasteiger partial charge in [-0.05, 0) is 36.4 Å². The van der Waals surface area contributed by atoms with E-state index in [-0.39, 0.29) is 17.9 Å².